The summed E-state index contributed by atoms with van der Waals surface area (Å²) in [6, 6.07) is 4.60. The van der Waals surface area contributed by atoms with Gasteiger partial charge in [0.1, 0.15) is 0 Å². The van der Waals surface area contributed by atoms with Crippen molar-refractivity contribution in [3.05, 3.63) is 35.4 Å². The van der Waals surface area contributed by atoms with Crippen molar-refractivity contribution in [2.45, 2.75) is 31.2 Å². The summed E-state index contributed by atoms with van der Waals surface area (Å²) >= 11 is 0. The van der Waals surface area contributed by atoms with Gasteiger partial charge in [-0.3, -0.25) is 4.79 Å². The van der Waals surface area contributed by atoms with E-state index in [1.165, 1.54) is 24.3 Å². The molecule has 1 aliphatic carbocycles. The molecular formula is C14H14F3NO4. The summed E-state index contributed by atoms with van der Waals surface area (Å²) in [5, 5.41) is 17.9. The number of carboxylic acids is 1. The van der Waals surface area contributed by atoms with Gasteiger partial charge in [-0.05, 0) is 37.1 Å². The Morgan fingerprint density at radius 3 is 2.09 bits per heavy atom. The van der Waals surface area contributed by atoms with Crippen molar-refractivity contribution in [2.75, 3.05) is 6.54 Å². The fourth-order valence-corrected chi connectivity index (χ4v) is 2.00. The van der Waals surface area contributed by atoms with E-state index in [0.717, 1.165) is 4.90 Å². The molecule has 1 atom stereocenters. The highest BCUT2D eigenvalue weighted by Gasteiger charge is 2.43. The van der Waals surface area contributed by atoms with Gasteiger partial charge in [-0.25, -0.2) is 4.79 Å². The van der Waals surface area contributed by atoms with Crippen LogP contribution in [0.25, 0.3) is 0 Å². The molecule has 1 aliphatic rings. The number of amides is 1. The van der Waals surface area contributed by atoms with Crippen molar-refractivity contribution in [3.8, 4) is 0 Å². The average molecular weight is 317 g/mol. The van der Waals surface area contributed by atoms with Crippen molar-refractivity contribution in [2.24, 2.45) is 0 Å². The molecule has 0 saturated heterocycles. The number of rotatable bonds is 5. The molecule has 1 amide bonds. The molecule has 1 saturated carbocycles. The van der Waals surface area contributed by atoms with Gasteiger partial charge in [0.2, 0.25) is 0 Å². The normalized spacial score (nSPS) is 16.2. The third kappa shape index (κ3) is 3.76. The van der Waals surface area contributed by atoms with E-state index >= 15 is 0 Å². The third-order valence-corrected chi connectivity index (χ3v) is 3.37. The van der Waals surface area contributed by atoms with Crippen molar-refractivity contribution >= 4 is 11.9 Å². The van der Waals surface area contributed by atoms with Crippen molar-refractivity contribution in [1.29, 1.82) is 0 Å². The van der Waals surface area contributed by atoms with E-state index in [-0.39, 0.29) is 17.2 Å². The summed E-state index contributed by atoms with van der Waals surface area (Å²) in [5.74, 6) is -1.81. The fourth-order valence-electron chi connectivity index (χ4n) is 2.00. The van der Waals surface area contributed by atoms with Crippen LogP contribution in [0, 0.1) is 0 Å². The standard InChI is InChI=1S/C14H14F3NO4/c15-14(16,17)11(19)7-18(10-5-6-10)12(20)8-1-3-9(4-2-8)13(21)22/h1-4,10-11,19H,5-7H2,(H,21,22). The summed E-state index contributed by atoms with van der Waals surface area (Å²) in [5.41, 5.74) is 0.0659. The predicted octanol–water partition coefficient (Wildman–Crippen LogP) is 1.91. The Balaban J connectivity index is 2.14. The van der Waals surface area contributed by atoms with Crippen molar-refractivity contribution < 1.29 is 33.0 Å². The number of aliphatic hydroxyl groups is 1. The maximum absolute atomic E-state index is 12.4. The molecule has 1 aromatic carbocycles. The number of benzene rings is 1. The number of nitrogens with zero attached hydrogens (tertiary/aromatic N) is 1. The number of carboxylic acid groups (broad SMARTS) is 1. The Kier molecular flexibility index (Phi) is 4.41. The van der Waals surface area contributed by atoms with Crippen LogP contribution in [0.15, 0.2) is 24.3 Å². The maximum Gasteiger partial charge on any atom is 0.416 e. The number of hydrogen-bond acceptors (Lipinski definition) is 3. The molecule has 0 spiro atoms. The third-order valence-electron chi connectivity index (χ3n) is 3.37. The summed E-state index contributed by atoms with van der Waals surface area (Å²) in [6.45, 7) is -0.826. The molecule has 22 heavy (non-hydrogen) atoms. The largest absolute Gasteiger partial charge is 0.478 e. The number of aliphatic hydroxyl groups excluding tert-OH is 1. The topological polar surface area (TPSA) is 77.8 Å². The minimum atomic E-state index is -4.79. The first-order chi connectivity index (χ1) is 10.2. The number of carbonyl (C=O) groups is 2. The van der Waals surface area contributed by atoms with E-state index in [4.69, 9.17) is 10.2 Å². The molecule has 1 unspecified atom stereocenters. The first kappa shape index (κ1) is 16.3. The lowest BCUT2D eigenvalue weighted by Gasteiger charge is -2.26. The fraction of sp³-hybridized carbons (Fsp3) is 0.429. The van der Waals surface area contributed by atoms with E-state index in [1.54, 1.807) is 0 Å². The van der Waals surface area contributed by atoms with Gasteiger partial charge in [-0.15, -0.1) is 0 Å². The second-order valence-electron chi connectivity index (χ2n) is 5.13. The second kappa shape index (κ2) is 5.96. The van der Waals surface area contributed by atoms with Crippen LogP contribution in [-0.2, 0) is 0 Å². The minimum Gasteiger partial charge on any atom is -0.478 e. The van der Waals surface area contributed by atoms with Gasteiger partial charge >= 0.3 is 12.1 Å². The molecule has 8 heteroatoms. The molecule has 0 heterocycles. The number of aromatic carboxylic acids is 1. The van der Waals surface area contributed by atoms with E-state index in [2.05, 4.69) is 0 Å². The summed E-state index contributed by atoms with van der Waals surface area (Å²) in [4.78, 5) is 24.0. The smallest absolute Gasteiger partial charge is 0.416 e. The summed E-state index contributed by atoms with van der Waals surface area (Å²) < 4.78 is 37.3. The Hall–Kier alpha value is -2.09. The molecule has 0 aromatic heterocycles. The highest BCUT2D eigenvalue weighted by Crippen LogP contribution is 2.30. The Labute approximate surface area is 124 Å². The average Bonchev–Trinajstić information content (AvgIpc) is 3.27. The summed E-state index contributed by atoms with van der Waals surface area (Å²) in [6.07, 6.45) is -6.22. The van der Waals surface area contributed by atoms with Crippen LogP contribution in [0.2, 0.25) is 0 Å². The number of alkyl halides is 3. The highest BCUT2D eigenvalue weighted by molar-refractivity contribution is 5.96. The van der Waals surface area contributed by atoms with E-state index < -0.39 is 30.7 Å². The van der Waals surface area contributed by atoms with E-state index in [0.29, 0.717) is 12.8 Å². The Bertz CT molecular complexity index is 566. The molecule has 1 aromatic rings. The van der Waals surface area contributed by atoms with Crippen LogP contribution >= 0.6 is 0 Å². The van der Waals surface area contributed by atoms with Crippen molar-refractivity contribution in [1.82, 2.24) is 4.90 Å². The molecule has 1 fully saturated rings. The molecule has 120 valence electrons. The lowest BCUT2D eigenvalue weighted by Crippen LogP contribution is -2.44. The quantitative estimate of drug-likeness (QED) is 0.869. The zero-order chi connectivity index (χ0) is 16.5. The van der Waals surface area contributed by atoms with Gasteiger partial charge in [0.15, 0.2) is 6.10 Å². The molecule has 5 nitrogen and oxygen atoms in total. The van der Waals surface area contributed by atoms with Gasteiger partial charge in [-0.1, -0.05) is 0 Å². The maximum atomic E-state index is 12.4. The van der Waals surface area contributed by atoms with Crippen LogP contribution in [0.5, 0.6) is 0 Å². The van der Waals surface area contributed by atoms with Gasteiger partial charge in [0.25, 0.3) is 5.91 Å². The van der Waals surface area contributed by atoms with E-state index in [1.807, 2.05) is 0 Å². The first-order valence-electron chi connectivity index (χ1n) is 6.59. The number of carbonyl (C=O) groups excluding carboxylic acids is 1. The highest BCUT2D eigenvalue weighted by atomic mass is 19.4. The van der Waals surface area contributed by atoms with Crippen LogP contribution < -0.4 is 0 Å². The van der Waals surface area contributed by atoms with Crippen LogP contribution in [0.3, 0.4) is 0 Å². The monoisotopic (exact) mass is 317 g/mol. The molecule has 0 bridgehead atoms. The van der Waals surface area contributed by atoms with Crippen LogP contribution in [0.1, 0.15) is 33.6 Å². The molecule has 0 radical (unpaired) electrons. The molecule has 2 rings (SSSR count). The van der Waals surface area contributed by atoms with Gasteiger partial charge < -0.3 is 15.1 Å². The number of halogens is 3. The molecule has 2 N–H and O–H groups in total. The zero-order valence-electron chi connectivity index (χ0n) is 11.4. The lowest BCUT2D eigenvalue weighted by atomic mass is 10.1. The van der Waals surface area contributed by atoms with Gasteiger partial charge in [-0.2, -0.15) is 13.2 Å². The first-order valence-corrected chi connectivity index (χ1v) is 6.59. The lowest BCUT2D eigenvalue weighted by molar-refractivity contribution is -0.206. The van der Waals surface area contributed by atoms with Crippen molar-refractivity contribution in [3.63, 3.8) is 0 Å². The Morgan fingerprint density at radius 2 is 1.68 bits per heavy atom. The van der Waals surface area contributed by atoms with Gasteiger partial charge in [0, 0.05) is 11.6 Å². The molecular weight excluding hydrogens is 303 g/mol. The second-order valence-corrected chi connectivity index (χ2v) is 5.13. The van der Waals surface area contributed by atoms with E-state index in [9.17, 15) is 22.8 Å². The van der Waals surface area contributed by atoms with Crippen LogP contribution in [0.4, 0.5) is 13.2 Å². The summed E-state index contributed by atoms with van der Waals surface area (Å²) in [7, 11) is 0. The van der Waals surface area contributed by atoms with Gasteiger partial charge in [0.05, 0.1) is 12.1 Å². The van der Waals surface area contributed by atoms with Crippen LogP contribution in [-0.4, -0.2) is 51.9 Å². The SMILES string of the molecule is O=C(O)c1ccc(C(=O)N(CC(O)C(F)(F)F)C2CC2)cc1. The minimum absolute atomic E-state index is 0.0233. The number of hydrogen-bond donors (Lipinski definition) is 2. The molecule has 0 aliphatic heterocycles. The Morgan fingerprint density at radius 1 is 1.18 bits per heavy atom. The zero-order valence-corrected chi connectivity index (χ0v) is 11.4. The predicted molar refractivity (Wildman–Crippen MR) is 69.5 cm³/mol.